The number of hydrogen-bond donors (Lipinski definition) is 0. The van der Waals surface area contributed by atoms with E-state index in [1.807, 2.05) is 13.8 Å². The van der Waals surface area contributed by atoms with Gasteiger partial charge in [-0.3, -0.25) is 4.52 Å². The molecule has 0 aliphatic carbocycles. The van der Waals surface area contributed by atoms with Gasteiger partial charge in [0.15, 0.2) is 0 Å². The highest BCUT2D eigenvalue weighted by atomic mass is 32.7. The number of esters is 1. The Morgan fingerprint density at radius 1 is 1.23 bits per heavy atom. The van der Waals surface area contributed by atoms with Gasteiger partial charge in [-0.1, -0.05) is 26.0 Å². The molecule has 0 spiro atoms. The first-order chi connectivity index (χ1) is 10.4. The molecule has 1 atom stereocenters. The third-order valence-corrected chi connectivity index (χ3v) is 6.51. The molecule has 7 heteroatoms. The van der Waals surface area contributed by atoms with Crippen molar-refractivity contribution in [1.29, 1.82) is 0 Å². The smallest absolute Gasteiger partial charge is 0.440 e. The lowest BCUT2D eigenvalue weighted by Crippen LogP contribution is -2.07. The second-order valence-corrected chi connectivity index (χ2v) is 8.91. The largest absolute Gasteiger partial charge is 0.462 e. The average molecular weight is 346 g/mol. The summed E-state index contributed by atoms with van der Waals surface area (Å²) in [6.45, 7) is 4.69. The van der Waals surface area contributed by atoms with Crippen LogP contribution in [0.4, 0.5) is 0 Å². The Kier molecular flexibility index (Phi) is 8.01. The molecule has 0 unspecified atom stereocenters. The van der Waals surface area contributed by atoms with Crippen LogP contribution in [0.25, 0.3) is 0 Å². The Morgan fingerprint density at radius 2 is 1.91 bits per heavy atom. The van der Waals surface area contributed by atoms with Crippen LogP contribution in [-0.4, -0.2) is 24.9 Å². The summed E-state index contributed by atoms with van der Waals surface area (Å²) in [6.07, 6.45) is 0. The second kappa shape index (κ2) is 9.23. The van der Waals surface area contributed by atoms with E-state index in [1.54, 1.807) is 38.1 Å². The Balaban J connectivity index is 2.98. The highest BCUT2D eigenvalue weighted by Gasteiger charge is 2.29. The third kappa shape index (κ3) is 6.03. The van der Waals surface area contributed by atoms with Gasteiger partial charge in [-0.15, -0.1) is 0 Å². The summed E-state index contributed by atoms with van der Waals surface area (Å²) in [5, 5.41) is 0. The SMILES string of the molecule is CCOC(=O)c1ccccc1O[P@@](=O)(OCC)SCC(C)C. The first kappa shape index (κ1) is 19.1. The molecule has 1 aromatic rings. The van der Waals surface area contributed by atoms with Crippen molar-refractivity contribution in [3.8, 4) is 5.75 Å². The number of benzene rings is 1. The summed E-state index contributed by atoms with van der Waals surface area (Å²) in [5.74, 6) is 0.699. The fourth-order valence-corrected chi connectivity index (χ4v) is 5.29. The Hall–Kier alpha value is -0.970. The number of carbonyl (C=O) groups is 1. The second-order valence-electron chi connectivity index (χ2n) is 4.86. The van der Waals surface area contributed by atoms with Crippen LogP contribution in [0.5, 0.6) is 5.75 Å². The van der Waals surface area contributed by atoms with E-state index in [0.717, 1.165) is 11.4 Å². The molecule has 0 heterocycles. The van der Waals surface area contributed by atoms with Gasteiger partial charge in [-0.25, -0.2) is 9.36 Å². The summed E-state index contributed by atoms with van der Waals surface area (Å²) < 4.78 is 28.7. The van der Waals surface area contributed by atoms with E-state index in [2.05, 4.69) is 0 Å². The molecule has 0 aliphatic heterocycles. The Labute approximate surface area is 136 Å². The predicted octanol–water partition coefficient (Wildman–Crippen LogP) is 4.78. The lowest BCUT2D eigenvalue weighted by Gasteiger charge is -2.19. The van der Waals surface area contributed by atoms with Gasteiger partial charge in [0.05, 0.1) is 13.2 Å². The third-order valence-electron chi connectivity index (χ3n) is 2.45. The van der Waals surface area contributed by atoms with E-state index in [9.17, 15) is 9.36 Å². The molecule has 0 fully saturated rings. The summed E-state index contributed by atoms with van der Waals surface area (Å²) in [4.78, 5) is 11.9. The predicted molar refractivity (Wildman–Crippen MR) is 89.6 cm³/mol. The molecule has 0 bridgehead atoms. The monoisotopic (exact) mass is 346 g/mol. The molecule has 0 radical (unpaired) electrons. The van der Waals surface area contributed by atoms with Crippen LogP contribution >= 0.6 is 18.2 Å². The zero-order valence-corrected chi connectivity index (χ0v) is 15.1. The van der Waals surface area contributed by atoms with E-state index in [4.69, 9.17) is 13.8 Å². The number of para-hydroxylation sites is 1. The summed E-state index contributed by atoms with van der Waals surface area (Å²) >= 11 is 1.14. The topological polar surface area (TPSA) is 61.8 Å². The normalized spacial score (nSPS) is 13.7. The van der Waals surface area contributed by atoms with Crippen LogP contribution in [0.1, 0.15) is 38.1 Å². The van der Waals surface area contributed by atoms with Crippen LogP contribution in [0.3, 0.4) is 0 Å². The molecule has 0 N–H and O–H groups in total. The maximum atomic E-state index is 12.8. The van der Waals surface area contributed by atoms with Gasteiger partial charge < -0.3 is 9.26 Å². The lowest BCUT2D eigenvalue weighted by atomic mass is 10.2. The van der Waals surface area contributed by atoms with E-state index in [0.29, 0.717) is 11.7 Å². The van der Waals surface area contributed by atoms with Crippen molar-refractivity contribution in [3.05, 3.63) is 29.8 Å². The highest BCUT2D eigenvalue weighted by molar-refractivity contribution is 8.55. The van der Waals surface area contributed by atoms with Gasteiger partial charge >= 0.3 is 12.8 Å². The Morgan fingerprint density at radius 3 is 2.50 bits per heavy atom. The van der Waals surface area contributed by atoms with Gasteiger partial charge in [0.1, 0.15) is 11.3 Å². The van der Waals surface area contributed by atoms with Gasteiger partial charge in [-0.2, -0.15) is 0 Å². The molecule has 0 saturated heterocycles. The molecule has 22 heavy (non-hydrogen) atoms. The Bertz CT molecular complexity index is 532. The minimum Gasteiger partial charge on any atom is -0.462 e. The number of ether oxygens (including phenoxy) is 1. The zero-order chi connectivity index (χ0) is 16.6. The molecular formula is C15H23O5PS. The molecule has 1 aromatic carbocycles. The first-order valence-electron chi connectivity index (χ1n) is 7.26. The molecular weight excluding hydrogens is 323 g/mol. The average Bonchev–Trinajstić information content (AvgIpc) is 2.46. The minimum absolute atomic E-state index is 0.217. The van der Waals surface area contributed by atoms with Crippen molar-refractivity contribution in [2.45, 2.75) is 27.7 Å². The van der Waals surface area contributed by atoms with E-state index < -0.39 is 12.8 Å². The molecule has 0 amide bonds. The fourth-order valence-electron chi connectivity index (χ4n) is 1.53. The molecule has 5 nitrogen and oxygen atoms in total. The van der Waals surface area contributed by atoms with Crippen molar-refractivity contribution in [2.24, 2.45) is 5.92 Å². The van der Waals surface area contributed by atoms with E-state index >= 15 is 0 Å². The van der Waals surface area contributed by atoms with Crippen LogP contribution in [0.15, 0.2) is 24.3 Å². The van der Waals surface area contributed by atoms with Crippen LogP contribution in [0, 0.1) is 5.92 Å². The maximum absolute atomic E-state index is 12.8. The number of hydrogen-bond acceptors (Lipinski definition) is 6. The van der Waals surface area contributed by atoms with Crippen LogP contribution in [-0.2, 0) is 13.8 Å². The van der Waals surface area contributed by atoms with Gasteiger partial charge in [0.2, 0.25) is 0 Å². The van der Waals surface area contributed by atoms with Gasteiger partial charge in [-0.05, 0) is 43.3 Å². The summed E-state index contributed by atoms with van der Waals surface area (Å²) in [6, 6.07) is 6.58. The number of carbonyl (C=O) groups excluding carboxylic acids is 1. The van der Waals surface area contributed by atoms with Gasteiger partial charge in [0, 0.05) is 5.75 Å². The van der Waals surface area contributed by atoms with E-state index in [-0.39, 0.29) is 24.5 Å². The molecule has 1 rings (SSSR count). The molecule has 0 saturated carbocycles. The summed E-state index contributed by atoms with van der Waals surface area (Å²) in [5.41, 5.74) is 0.245. The number of rotatable bonds is 9. The minimum atomic E-state index is -3.37. The quantitative estimate of drug-likeness (QED) is 0.474. The molecule has 0 aliphatic rings. The van der Waals surface area contributed by atoms with E-state index in [1.165, 1.54) is 0 Å². The van der Waals surface area contributed by atoms with Gasteiger partial charge in [0.25, 0.3) is 0 Å². The van der Waals surface area contributed by atoms with Crippen molar-refractivity contribution >= 4 is 24.1 Å². The van der Waals surface area contributed by atoms with Crippen molar-refractivity contribution < 1.29 is 23.1 Å². The zero-order valence-electron chi connectivity index (χ0n) is 13.4. The highest BCUT2D eigenvalue weighted by Crippen LogP contribution is 2.60. The lowest BCUT2D eigenvalue weighted by molar-refractivity contribution is 0.0524. The molecule has 124 valence electrons. The van der Waals surface area contributed by atoms with Crippen LogP contribution in [0.2, 0.25) is 0 Å². The first-order valence-corrected chi connectivity index (χ1v) is 10.4. The van der Waals surface area contributed by atoms with Crippen LogP contribution < -0.4 is 4.52 Å². The maximum Gasteiger partial charge on any atom is 0.440 e. The summed E-state index contributed by atoms with van der Waals surface area (Å²) in [7, 11) is 0. The van der Waals surface area contributed by atoms with Crippen molar-refractivity contribution in [2.75, 3.05) is 19.0 Å². The standard InChI is InChI=1S/C15H23O5PS/c1-5-18-15(16)13-9-7-8-10-14(13)20-21(17,19-6-2)22-11-12(3)4/h7-10,12H,5-6,11H2,1-4H3/t21-/m1/s1. The molecule has 0 aromatic heterocycles. The van der Waals surface area contributed by atoms with Crippen molar-refractivity contribution in [3.63, 3.8) is 0 Å². The van der Waals surface area contributed by atoms with Crippen molar-refractivity contribution in [1.82, 2.24) is 0 Å². The fraction of sp³-hybridized carbons (Fsp3) is 0.533.